The van der Waals surface area contributed by atoms with E-state index < -0.39 is 11.8 Å². The van der Waals surface area contributed by atoms with Crippen LogP contribution in [0.5, 0.6) is 5.75 Å². The fourth-order valence-electron chi connectivity index (χ4n) is 3.34. The van der Waals surface area contributed by atoms with Crippen molar-refractivity contribution in [1.82, 2.24) is 4.90 Å². The van der Waals surface area contributed by atoms with E-state index in [2.05, 4.69) is 5.32 Å². The van der Waals surface area contributed by atoms with Crippen LogP contribution in [-0.4, -0.2) is 23.8 Å². The largest absolute Gasteiger partial charge is 0.497 e. The molecule has 0 unspecified atom stereocenters. The Morgan fingerprint density at radius 3 is 2.35 bits per heavy atom. The van der Waals surface area contributed by atoms with Gasteiger partial charge in [0.05, 0.1) is 19.2 Å². The Balaban J connectivity index is 1.73. The van der Waals surface area contributed by atoms with E-state index >= 15 is 0 Å². The number of nitrogens with zero attached hydrogens (tertiary/aromatic N) is 1. The Labute approximate surface area is 183 Å². The summed E-state index contributed by atoms with van der Waals surface area (Å²) in [6.45, 7) is 0.0261. The SMILES string of the molecule is COc1cccc(NC2=C(c3ccc(Cl)cc3)C(=O)N(Cc3ccc(F)cc3)C2=O)c1. The van der Waals surface area contributed by atoms with Gasteiger partial charge < -0.3 is 10.1 Å². The number of anilines is 1. The molecular formula is C24H18ClFN2O3. The lowest BCUT2D eigenvalue weighted by Crippen LogP contribution is -2.32. The smallest absolute Gasteiger partial charge is 0.278 e. The molecule has 2 amide bonds. The minimum atomic E-state index is -0.470. The molecule has 0 spiro atoms. The lowest BCUT2D eigenvalue weighted by Gasteiger charge is -2.15. The average molecular weight is 437 g/mol. The van der Waals surface area contributed by atoms with E-state index in [9.17, 15) is 14.0 Å². The van der Waals surface area contributed by atoms with Crippen LogP contribution >= 0.6 is 11.6 Å². The zero-order chi connectivity index (χ0) is 22.0. The van der Waals surface area contributed by atoms with Crippen LogP contribution in [-0.2, 0) is 16.1 Å². The summed E-state index contributed by atoms with van der Waals surface area (Å²) >= 11 is 5.99. The first-order chi connectivity index (χ1) is 15.0. The third-order valence-electron chi connectivity index (χ3n) is 4.89. The average Bonchev–Trinajstić information content (AvgIpc) is 3.00. The Hall–Kier alpha value is -3.64. The van der Waals surface area contributed by atoms with Gasteiger partial charge >= 0.3 is 0 Å². The lowest BCUT2D eigenvalue weighted by molar-refractivity contribution is -0.137. The molecule has 3 aromatic carbocycles. The van der Waals surface area contributed by atoms with Crippen LogP contribution < -0.4 is 10.1 Å². The molecule has 7 heteroatoms. The first-order valence-electron chi connectivity index (χ1n) is 9.48. The zero-order valence-electron chi connectivity index (χ0n) is 16.6. The number of nitrogens with one attached hydrogen (secondary N) is 1. The van der Waals surface area contributed by atoms with E-state index in [1.54, 1.807) is 67.8 Å². The number of hydrogen-bond donors (Lipinski definition) is 1. The molecule has 156 valence electrons. The molecule has 31 heavy (non-hydrogen) atoms. The first kappa shape index (κ1) is 20.6. The minimum Gasteiger partial charge on any atom is -0.497 e. The van der Waals surface area contributed by atoms with Gasteiger partial charge in [0.25, 0.3) is 11.8 Å². The van der Waals surface area contributed by atoms with Gasteiger partial charge in [-0.2, -0.15) is 0 Å². The van der Waals surface area contributed by atoms with Gasteiger partial charge in [-0.1, -0.05) is 41.9 Å². The second-order valence-corrected chi connectivity index (χ2v) is 7.37. The third-order valence-corrected chi connectivity index (χ3v) is 5.15. The van der Waals surface area contributed by atoms with Crippen molar-refractivity contribution >= 4 is 34.7 Å². The summed E-state index contributed by atoms with van der Waals surface area (Å²) in [7, 11) is 1.55. The Kier molecular flexibility index (Phi) is 5.73. The number of carbonyl (C=O) groups is 2. The maximum absolute atomic E-state index is 13.3. The van der Waals surface area contributed by atoms with Crippen molar-refractivity contribution in [3.05, 3.63) is 100 Å². The molecule has 1 aliphatic rings. The van der Waals surface area contributed by atoms with E-state index in [0.29, 0.717) is 27.6 Å². The Morgan fingerprint density at radius 2 is 1.68 bits per heavy atom. The molecule has 4 rings (SSSR count). The van der Waals surface area contributed by atoms with E-state index in [1.807, 2.05) is 0 Å². The van der Waals surface area contributed by atoms with Gasteiger partial charge in [-0.25, -0.2) is 4.39 Å². The molecule has 1 heterocycles. The molecule has 0 saturated heterocycles. The van der Waals surface area contributed by atoms with Crippen molar-refractivity contribution < 1.29 is 18.7 Å². The standard InChI is InChI=1S/C24H18ClFN2O3/c1-31-20-4-2-3-19(13-20)27-22-21(16-7-9-17(25)10-8-16)23(29)28(24(22)30)14-15-5-11-18(26)12-6-15/h2-13,27H,14H2,1H3. The van der Waals surface area contributed by atoms with Crippen LogP contribution in [0, 0.1) is 5.82 Å². The van der Waals surface area contributed by atoms with Crippen molar-refractivity contribution in [3.63, 3.8) is 0 Å². The fourth-order valence-corrected chi connectivity index (χ4v) is 3.46. The number of methoxy groups -OCH3 is 1. The molecule has 5 nitrogen and oxygen atoms in total. The first-order valence-corrected chi connectivity index (χ1v) is 9.86. The van der Waals surface area contributed by atoms with Crippen molar-refractivity contribution in [1.29, 1.82) is 0 Å². The van der Waals surface area contributed by atoms with Crippen LogP contribution in [0.2, 0.25) is 5.02 Å². The summed E-state index contributed by atoms with van der Waals surface area (Å²) in [6, 6.07) is 19.4. The van der Waals surface area contributed by atoms with Gasteiger partial charge in [0.15, 0.2) is 0 Å². The number of carbonyl (C=O) groups excluding carboxylic acids is 2. The van der Waals surface area contributed by atoms with Crippen LogP contribution in [0.3, 0.4) is 0 Å². The summed E-state index contributed by atoms with van der Waals surface area (Å²) in [5.74, 6) is -0.689. The second-order valence-electron chi connectivity index (χ2n) is 6.94. The normalized spacial score (nSPS) is 13.7. The van der Waals surface area contributed by atoms with E-state index in [-0.39, 0.29) is 23.6 Å². The Morgan fingerprint density at radius 1 is 0.968 bits per heavy atom. The van der Waals surface area contributed by atoms with Crippen molar-refractivity contribution in [3.8, 4) is 5.75 Å². The molecular weight excluding hydrogens is 419 g/mol. The van der Waals surface area contributed by atoms with Gasteiger partial charge in [-0.15, -0.1) is 0 Å². The summed E-state index contributed by atoms with van der Waals surface area (Å²) in [6.07, 6.45) is 0. The lowest BCUT2D eigenvalue weighted by atomic mass is 10.0. The number of ether oxygens (including phenoxy) is 1. The Bertz CT molecular complexity index is 1170. The van der Waals surface area contributed by atoms with E-state index in [4.69, 9.17) is 16.3 Å². The fraction of sp³-hybridized carbons (Fsp3) is 0.0833. The monoisotopic (exact) mass is 436 g/mol. The topological polar surface area (TPSA) is 58.6 Å². The molecule has 3 aromatic rings. The van der Waals surface area contributed by atoms with Crippen molar-refractivity contribution in [2.24, 2.45) is 0 Å². The number of rotatable bonds is 6. The predicted molar refractivity (Wildman–Crippen MR) is 117 cm³/mol. The highest BCUT2D eigenvalue weighted by Gasteiger charge is 2.39. The summed E-state index contributed by atoms with van der Waals surface area (Å²) in [5.41, 5.74) is 2.20. The van der Waals surface area contributed by atoms with Gasteiger partial charge in [0, 0.05) is 16.8 Å². The molecule has 0 atom stereocenters. The van der Waals surface area contributed by atoms with Crippen molar-refractivity contribution in [2.75, 3.05) is 12.4 Å². The van der Waals surface area contributed by atoms with Crippen LogP contribution in [0.15, 0.2) is 78.5 Å². The maximum atomic E-state index is 13.3. The summed E-state index contributed by atoms with van der Waals surface area (Å²) in [5, 5.41) is 3.60. The maximum Gasteiger partial charge on any atom is 0.278 e. The van der Waals surface area contributed by atoms with Gasteiger partial charge in [0.2, 0.25) is 0 Å². The second kappa shape index (κ2) is 8.62. The highest BCUT2D eigenvalue weighted by atomic mass is 35.5. The van der Waals surface area contributed by atoms with Crippen molar-refractivity contribution in [2.45, 2.75) is 6.54 Å². The quantitative estimate of drug-likeness (QED) is 0.559. The van der Waals surface area contributed by atoms with Gasteiger partial charge in [-0.05, 0) is 47.5 Å². The molecule has 1 aliphatic heterocycles. The third kappa shape index (κ3) is 4.29. The molecule has 0 radical (unpaired) electrons. The van der Waals surface area contributed by atoms with E-state index in [1.165, 1.54) is 12.1 Å². The molecule has 0 saturated carbocycles. The van der Waals surface area contributed by atoms with Crippen LogP contribution in [0.4, 0.5) is 10.1 Å². The molecule has 0 bridgehead atoms. The number of hydrogen-bond acceptors (Lipinski definition) is 4. The highest BCUT2D eigenvalue weighted by molar-refractivity contribution is 6.36. The summed E-state index contributed by atoms with van der Waals surface area (Å²) < 4.78 is 18.5. The molecule has 0 aliphatic carbocycles. The highest BCUT2D eigenvalue weighted by Crippen LogP contribution is 2.32. The number of benzene rings is 3. The van der Waals surface area contributed by atoms with Gasteiger partial charge in [0.1, 0.15) is 17.3 Å². The van der Waals surface area contributed by atoms with Crippen LogP contribution in [0.25, 0.3) is 5.57 Å². The number of amides is 2. The molecule has 1 N–H and O–H groups in total. The van der Waals surface area contributed by atoms with E-state index in [0.717, 1.165) is 4.90 Å². The number of halogens is 2. The number of imide groups is 1. The zero-order valence-corrected chi connectivity index (χ0v) is 17.3. The van der Waals surface area contributed by atoms with Gasteiger partial charge in [-0.3, -0.25) is 14.5 Å². The minimum absolute atomic E-state index is 0.0261. The summed E-state index contributed by atoms with van der Waals surface area (Å²) in [4.78, 5) is 27.7. The molecule has 0 aromatic heterocycles. The predicted octanol–water partition coefficient (Wildman–Crippen LogP) is 4.88. The molecule has 0 fully saturated rings. The van der Waals surface area contributed by atoms with Crippen LogP contribution in [0.1, 0.15) is 11.1 Å².